The lowest BCUT2D eigenvalue weighted by molar-refractivity contribution is -0.140. The molecule has 0 aliphatic rings. The van der Waals surface area contributed by atoms with Crippen molar-refractivity contribution in [2.24, 2.45) is 0 Å². The minimum absolute atomic E-state index is 0.195. The summed E-state index contributed by atoms with van der Waals surface area (Å²) in [6, 6.07) is 15.2. The molecule has 2 aromatic rings. The molecule has 0 saturated heterocycles. The Morgan fingerprint density at radius 2 is 1.66 bits per heavy atom. The summed E-state index contributed by atoms with van der Waals surface area (Å²) in [6.45, 7) is 6.53. The molecule has 0 saturated carbocycles. The van der Waals surface area contributed by atoms with Crippen LogP contribution in [0.2, 0.25) is 0 Å². The third-order valence-electron chi connectivity index (χ3n) is 5.53. The fourth-order valence-electron chi connectivity index (χ4n) is 3.69. The molecule has 8 nitrogen and oxygen atoms in total. The van der Waals surface area contributed by atoms with Gasteiger partial charge in [-0.25, -0.2) is 8.42 Å². The van der Waals surface area contributed by atoms with E-state index in [1.54, 1.807) is 24.3 Å². The highest BCUT2D eigenvalue weighted by atomic mass is 32.2. The molecule has 2 amide bonds. The van der Waals surface area contributed by atoms with Crippen molar-refractivity contribution in [2.45, 2.75) is 52.6 Å². The summed E-state index contributed by atoms with van der Waals surface area (Å²) < 4.78 is 31.8. The van der Waals surface area contributed by atoms with Crippen molar-refractivity contribution in [1.82, 2.24) is 10.2 Å². The molecule has 1 N–H and O–H groups in total. The second kappa shape index (κ2) is 13.7. The van der Waals surface area contributed by atoms with E-state index in [4.69, 9.17) is 4.74 Å². The van der Waals surface area contributed by atoms with Gasteiger partial charge in [0.1, 0.15) is 18.3 Å². The van der Waals surface area contributed by atoms with Gasteiger partial charge in [0.05, 0.1) is 18.6 Å². The second-order valence-corrected chi connectivity index (χ2v) is 10.2. The van der Waals surface area contributed by atoms with Gasteiger partial charge in [-0.05, 0) is 49.6 Å². The van der Waals surface area contributed by atoms with Crippen molar-refractivity contribution in [3.05, 3.63) is 60.2 Å². The molecule has 192 valence electrons. The molecule has 0 heterocycles. The molecule has 2 rings (SSSR count). The summed E-state index contributed by atoms with van der Waals surface area (Å²) >= 11 is 0. The average Bonchev–Trinajstić information content (AvgIpc) is 2.83. The molecule has 35 heavy (non-hydrogen) atoms. The van der Waals surface area contributed by atoms with Crippen molar-refractivity contribution >= 4 is 27.5 Å². The first-order chi connectivity index (χ1) is 16.7. The predicted molar refractivity (Wildman–Crippen MR) is 139 cm³/mol. The van der Waals surface area contributed by atoms with E-state index in [1.165, 1.54) is 4.90 Å². The maximum Gasteiger partial charge on any atom is 0.244 e. The number of anilines is 1. The number of amides is 2. The van der Waals surface area contributed by atoms with E-state index in [0.29, 0.717) is 31.0 Å². The average molecular weight is 504 g/mol. The molecule has 0 radical (unpaired) electrons. The Bertz CT molecular complexity index is 1040. The minimum atomic E-state index is -3.77. The molecule has 1 unspecified atom stereocenters. The van der Waals surface area contributed by atoms with Crippen molar-refractivity contribution in [3.8, 4) is 5.75 Å². The predicted octanol–water partition coefficient (Wildman–Crippen LogP) is 3.58. The van der Waals surface area contributed by atoms with E-state index >= 15 is 0 Å². The van der Waals surface area contributed by atoms with E-state index < -0.39 is 28.5 Å². The maximum atomic E-state index is 13.6. The number of unbranched alkanes of at least 4 members (excludes halogenated alkanes) is 1. The lowest BCUT2D eigenvalue weighted by Crippen LogP contribution is -2.52. The van der Waals surface area contributed by atoms with Crippen LogP contribution >= 0.6 is 0 Å². The van der Waals surface area contributed by atoms with Crippen LogP contribution in [-0.2, 0) is 26.2 Å². The largest absolute Gasteiger partial charge is 0.494 e. The van der Waals surface area contributed by atoms with Crippen LogP contribution in [0.5, 0.6) is 5.75 Å². The number of rotatable bonds is 14. The molecule has 9 heteroatoms. The third-order valence-corrected chi connectivity index (χ3v) is 6.67. The van der Waals surface area contributed by atoms with Gasteiger partial charge < -0.3 is 15.0 Å². The highest BCUT2D eigenvalue weighted by Crippen LogP contribution is 2.23. The summed E-state index contributed by atoms with van der Waals surface area (Å²) in [5.41, 5.74) is 1.21. The second-order valence-electron chi connectivity index (χ2n) is 8.27. The van der Waals surface area contributed by atoms with Crippen LogP contribution in [0.3, 0.4) is 0 Å². The van der Waals surface area contributed by atoms with Crippen LogP contribution in [0.15, 0.2) is 54.6 Å². The minimum Gasteiger partial charge on any atom is -0.494 e. The van der Waals surface area contributed by atoms with Gasteiger partial charge in [0, 0.05) is 13.1 Å². The Morgan fingerprint density at radius 1 is 1.00 bits per heavy atom. The topological polar surface area (TPSA) is 96.0 Å². The van der Waals surface area contributed by atoms with Gasteiger partial charge in [0.2, 0.25) is 21.8 Å². The van der Waals surface area contributed by atoms with Crippen molar-refractivity contribution < 1.29 is 22.7 Å². The van der Waals surface area contributed by atoms with Gasteiger partial charge in [-0.1, -0.05) is 50.6 Å². The molecule has 0 aromatic heterocycles. The highest BCUT2D eigenvalue weighted by molar-refractivity contribution is 7.92. The summed E-state index contributed by atoms with van der Waals surface area (Å²) in [6.07, 6.45) is 3.25. The fourth-order valence-corrected chi connectivity index (χ4v) is 4.54. The molecular formula is C26H37N3O5S. The molecular weight excluding hydrogens is 466 g/mol. The lowest BCUT2D eigenvalue weighted by Gasteiger charge is -2.33. The normalized spacial score (nSPS) is 12.0. The smallest absolute Gasteiger partial charge is 0.244 e. The molecule has 2 aromatic carbocycles. The number of nitrogens with one attached hydrogen (secondary N) is 1. The summed E-state index contributed by atoms with van der Waals surface area (Å²) in [5, 5.41) is 2.91. The van der Waals surface area contributed by atoms with Gasteiger partial charge in [-0.2, -0.15) is 0 Å². The zero-order chi connectivity index (χ0) is 25.8. The fraction of sp³-hybridized carbons (Fsp3) is 0.462. The molecule has 0 aliphatic heterocycles. The van der Waals surface area contributed by atoms with Crippen LogP contribution in [0.25, 0.3) is 0 Å². The maximum absolute atomic E-state index is 13.6. The third kappa shape index (κ3) is 8.58. The van der Waals surface area contributed by atoms with Crippen LogP contribution in [0.4, 0.5) is 5.69 Å². The number of hydrogen-bond donors (Lipinski definition) is 1. The summed E-state index contributed by atoms with van der Waals surface area (Å²) in [7, 11) is -3.77. The number of hydrogen-bond acceptors (Lipinski definition) is 5. The van der Waals surface area contributed by atoms with Gasteiger partial charge >= 0.3 is 0 Å². The number of nitrogens with zero attached hydrogens (tertiary/aromatic N) is 2. The summed E-state index contributed by atoms with van der Waals surface area (Å²) in [5.74, 6) is -0.0839. The quantitative estimate of drug-likeness (QED) is 0.398. The number of carbonyl (C=O) groups is 2. The first-order valence-electron chi connectivity index (χ1n) is 12.0. The molecule has 0 fully saturated rings. The van der Waals surface area contributed by atoms with Crippen LogP contribution < -0.4 is 14.4 Å². The zero-order valence-corrected chi connectivity index (χ0v) is 21.9. The van der Waals surface area contributed by atoms with Gasteiger partial charge in [-0.15, -0.1) is 0 Å². The SMILES string of the molecule is CCCCNC(=O)C(CC)N(Cc1ccccc1)C(=O)CN(c1ccc(OCC)cc1)S(C)(=O)=O. The van der Waals surface area contributed by atoms with E-state index in [2.05, 4.69) is 5.32 Å². The summed E-state index contributed by atoms with van der Waals surface area (Å²) in [4.78, 5) is 28.1. The highest BCUT2D eigenvalue weighted by Gasteiger charge is 2.31. The number of benzene rings is 2. The number of sulfonamides is 1. The van der Waals surface area contributed by atoms with E-state index in [-0.39, 0.29) is 12.5 Å². The van der Waals surface area contributed by atoms with Gasteiger partial charge in [0.25, 0.3) is 0 Å². The van der Waals surface area contributed by atoms with E-state index in [9.17, 15) is 18.0 Å². The van der Waals surface area contributed by atoms with E-state index in [0.717, 1.165) is 29.0 Å². The van der Waals surface area contributed by atoms with E-state index in [1.807, 2.05) is 51.1 Å². The monoisotopic (exact) mass is 503 g/mol. The number of carbonyl (C=O) groups excluding carboxylic acids is 2. The Morgan fingerprint density at radius 3 is 2.20 bits per heavy atom. The Hall–Kier alpha value is -3.07. The van der Waals surface area contributed by atoms with Gasteiger partial charge in [0.15, 0.2) is 0 Å². The molecule has 0 bridgehead atoms. The van der Waals surface area contributed by atoms with Crippen molar-refractivity contribution in [3.63, 3.8) is 0 Å². The van der Waals surface area contributed by atoms with Crippen LogP contribution in [-0.4, -0.2) is 57.1 Å². The Kier molecular flexibility index (Phi) is 11.0. The van der Waals surface area contributed by atoms with Crippen molar-refractivity contribution in [2.75, 3.05) is 30.3 Å². The molecule has 0 aliphatic carbocycles. The Balaban J connectivity index is 2.35. The molecule has 0 spiro atoms. The van der Waals surface area contributed by atoms with Crippen LogP contribution in [0, 0.1) is 0 Å². The van der Waals surface area contributed by atoms with Crippen molar-refractivity contribution in [1.29, 1.82) is 0 Å². The Labute approximate surface area is 209 Å². The standard InChI is InChI=1S/C26H37N3O5S/c1-5-8-18-27-26(31)24(6-2)28(19-21-12-10-9-11-13-21)25(30)20-29(35(4,32)33)22-14-16-23(17-15-22)34-7-3/h9-17,24H,5-8,18-20H2,1-4H3,(H,27,31). The first kappa shape index (κ1) is 28.2. The lowest BCUT2D eigenvalue weighted by atomic mass is 10.1. The first-order valence-corrected chi connectivity index (χ1v) is 13.9. The molecule has 1 atom stereocenters. The van der Waals surface area contributed by atoms with Gasteiger partial charge in [-0.3, -0.25) is 13.9 Å². The van der Waals surface area contributed by atoms with Crippen LogP contribution in [0.1, 0.15) is 45.6 Å². The zero-order valence-electron chi connectivity index (χ0n) is 21.1. The number of ether oxygens (including phenoxy) is 1.